The lowest BCUT2D eigenvalue weighted by Crippen LogP contribution is -2.08. The van der Waals surface area contributed by atoms with Crippen molar-refractivity contribution in [3.63, 3.8) is 0 Å². The van der Waals surface area contributed by atoms with Crippen LogP contribution in [0.25, 0.3) is 0 Å². The number of aryl methyl sites for hydroxylation is 1. The van der Waals surface area contributed by atoms with Gasteiger partial charge in [-0.15, -0.1) is 0 Å². The van der Waals surface area contributed by atoms with E-state index in [4.69, 9.17) is 4.74 Å². The molecule has 0 bridgehead atoms. The Labute approximate surface area is 121 Å². The van der Waals surface area contributed by atoms with Gasteiger partial charge in [-0.1, -0.05) is 33.8 Å². The van der Waals surface area contributed by atoms with Crippen molar-refractivity contribution in [1.82, 2.24) is 0 Å². The van der Waals surface area contributed by atoms with E-state index in [9.17, 15) is 0 Å². The summed E-state index contributed by atoms with van der Waals surface area (Å²) in [6, 6.07) is 14.2. The SMILES string of the molecule is Brc1cccc(C#Cc2ccc3c(c2)CCCO3)c1. The highest BCUT2D eigenvalue weighted by Crippen LogP contribution is 2.25. The van der Waals surface area contributed by atoms with Crippen LogP contribution in [0.5, 0.6) is 5.75 Å². The van der Waals surface area contributed by atoms with Crippen LogP contribution >= 0.6 is 15.9 Å². The van der Waals surface area contributed by atoms with Crippen molar-refractivity contribution < 1.29 is 4.74 Å². The first kappa shape index (κ1) is 12.3. The lowest BCUT2D eigenvalue weighted by molar-refractivity contribution is 0.288. The maximum Gasteiger partial charge on any atom is 0.122 e. The summed E-state index contributed by atoms with van der Waals surface area (Å²) in [7, 11) is 0. The quantitative estimate of drug-likeness (QED) is 0.663. The van der Waals surface area contributed by atoms with Crippen LogP contribution in [0.2, 0.25) is 0 Å². The van der Waals surface area contributed by atoms with Crippen molar-refractivity contribution in [1.29, 1.82) is 0 Å². The largest absolute Gasteiger partial charge is 0.493 e. The van der Waals surface area contributed by atoms with Crippen LogP contribution in [0, 0.1) is 11.8 Å². The molecule has 0 fully saturated rings. The van der Waals surface area contributed by atoms with Gasteiger partial charge >= 0.3 is 0 Å². The molecule has 1 nitrogen and oxygen atoms in total. The third-order valence-electron chi connectivity index (χ3n) is 3.08. The third kappa shape index (κ3) is 3.00. The van der Waals surface area contributed by atoms with Gasteiger partial charge in [0.2, 0.25) is 0 Å². The minimum Gasteiger partial charge on any atom is -0.493 e. The summed E-state index contributed by atoms with van der Waals surface area (Å²) in [6.07, 6.45) is 2.18. The molecule has 0 saturated carbocycles. The first-order valence-electron chi connectivity index (χ1n) is 6.34. The van der Waals surface area contributed by atoms with Crippen LogP contribution in [-0.2, 0) is 6.42 Å². The third-order valence-corrected chi connectivity index (χ3v) is 3.58. The molecule has 0 saturated heterocycles. The zero-order valence-corrected chi connectivity index (χ0v) is 12.0. The van der Waals surface area contributed by atoms with Gasteiger partial charge < -0.3 is 4.74 Å². The second-order valence-electron chi connectivity index (χ2n) is 4.53. The maximum atomic E-state index is 5.60. The summed E-state index contributed by atoms with van der Waals surface area (Å²) in [5, 5.41) is 0. The maximum absolute atomic E-state index is 5.60. The lowest BCUT2D eigenvalue weighted by Gasteiger charge is -2.16. The highest BCUT2D eigenvalue weighted by atomic mass is 79.9. The van der Waals surface area contributed by atoms with Crippen LogP contribution in [0.1, 0.15) is 23.1 Å². The minimum absolute atomic E-state index is 0.829. The second kappa shape index (κ2) is 5.50. The predicted molar refractivity (Wildman–Crippen MR) is 80.4 cm³/mol. The number of hydrogen-bond acceptors (Lipinski definition) is 1. The monoisotopic (exact) mass is 312 g/mol. The Morgan fingerprint density at radius 1 is 1.00 bits per heavy atom. The van der Waals surface area contributed by atoms with E-state index < -0.39 is 0 Å². The average Bonchev–Trinajstić information content (AvgIpc) is 2.45. The molecule has 0 aromatic heterocycles. The number of fused-ring (bicyclic) bond motifs is 1. The lowest BCUT2D eigenvalue weighted by atomic mass is 10.0. The summed E-state index contributed by atoms with van der Waals surface area (Å²) in [4.78, 5) is 0. The highest BCUT2D eigenvalue weighted by Gasteiger charge is 2.09. The van der Waals surface area contributed by atoms with Crippen LogP contribution in [0.15, 0.2) is 46.9 Å². The fourth-order valence-electron chi connectivity index (χ4n) is 2.15. The van der Waals surface area contributed by atoms with Gasteiger partial charge in [0.25, 0.3) is 0 Å². The molecular formula is C17H13BrO. The topological polar surface area (TPSA) is 9.23 Å². The summed E-state index contributed by atoms with van der Waals surface area (Å²) in [5.74, 6) is 7.41. The van der Waals surface area contributed by atoms with Gasteiger partial charge in [-0.05, 0) is 54.8 Å². The molecule has 94 valence electrons. The molecule has 1 aliphatic rings. The molecule has 3 rings (SSSR count). The van der Waals surface area contributed by atoms with E-state index in [0.29, 0.717) is 0 Å². The van der Waals surface area contributed by atoms with Crippen molar-refractivity contribution in [3.8, 4) is 17.6 Å². The van der Waals surface area contributed by atoms with E-state index in [-0.39, 0.29) is 0 Å². The molecule has 2 heteroatoms. The van der Waals surface area contributed by atoms with Crippen LogP contribution in [-0.4, -0.2) is 6.61 Å². The average molecular weight is 313 g/mol. The number of hydrogen-bond donors (Lipinski definition) is 0. The second-order valence-corrected chi connectivity index (χ2v) is 5.45. The van der Waals surface area contributed by atoms with E-state index in [1.54, 1.807) is 0 Å². The van der Waals surface area contributed by atoms with Gasteiger partial charge in [0.15, 0.2) is 0 Å². The minimum atomic E-state index is 0.829. The molecule has 0 N–H and O–H groups in total. The summed E-state index contributed by atoms with van der Waals surface area (Å²) < 4.78 is 6.66. The number of rotatable bonds is 0. The van der Waals surface area contributed by atoms with Crippen molar-refractivity contribution in [3.05, 3.63) is 63.6 Å². The molecule has 1 heterocycles. The van der Waals surface area contributed by atoms with Crippen molar-refractivity contribution in [2.75, 3.05) is 6.61 Å². The zero-order chi connectivity index (χ0) is 13.1. The summed E-state index contributed by atoms with van der Waals surface area (Å²) in [6.45, 7) is 0.829. The predicted octanol–water partition coefficient (Wildman–Crippen LogP) is 4.17. The first-order valence-corrected chi connectivity index (χ1v) is 7.14. The van der Waals surface area contributed by atoms with Gasteiger partial charge in [-0.2, -0.15) is 0 Å². The number of benzene rings is 2. The molecule has 0 amide bonds. The normalized spacial score (nSPS) is 12.9. The summed E-state index contributed by atoms with van der Waals surface area (Å²) >= 11 is 3.45. The van der Waals surface area contributed by atoms with Crippen LogP contribution in [0.4, 0.5) is 0 Å². The van der Waals surface area contributed by atoms with Crippen molar-refractivity contribution >= 4 is 15.9 Å². The van der Waals surface area contributed by atoms with E-state index >= 15 is 0 Å². The molecular weight excluding hydrogens is 300 g/mol. The first-order chi connectivity index (χ1) is 9.31. The Morgan fingerprint density at radius 2 is 1.84 bits per heavy atom. The fourth-order valence-corrected chi connectivity index (χ4v) is 2.55. The van der Waals surface area contributed by atoms with Gasteiger partial charge in [0.05, 0.1) is 6.61 Å². The molecule has 0 aliphatic carbocycles. The highest BCUT2D eigenvalue weighted by molar-refractivity contribution is 9.10. The van der Waals surface area contributed by atoms with Gasteiger partial charge in [0.1, 0.15) is 5.75 Å². The van der Waals surface area contributed by atoms with Gasteiger partial charge in [-0.3, -0.25) is 0 Å². The molecule has 19 heavy (non-hydrogen) atoms. The molecule has 0 radical (unpaired) electrons. The van der Waals surface area contributed by atoms with Crippen LogP contribution < -0.4 is 4.74 Å². The number of halogens is 1. The van der Waals surface area contributed by atoms with E-state index in [2.05, 4.69) is 33.8 Å². The molecule has 2 aromatic carbocycles. The molecule has 0 unspecified atom stereocenters. The van der Waals surface area contributed by atoms with Crippen molar-refractivity contribution in [2.45, 2.75) is 12.8 Å². The molecule has 2 aromatic rings. The Morgan fingerprint density at radius 3 is 2.68 bits per heavy atom. The van der Waals surface area contributed by atoms with Crippen LogP contribution in [0.3, 0.4) is 0 Å². The van der Waals surface area contributed by atoms with Gasteiger partial charge in [-0.25, -0.2) is 0 Å². The Hall–Kier alpha value is -1.72. The van der Waals surface area contributed by atoms with E-state index in [1.165, 1.54) is 5.56 Å². The number of ether oxygens (including phenoxy) is 1. The molecule has 0 atom stereocenters. The van der Waals surface area contributed by atoms with E-state index in [1.807, 2.05) is 36.4 Å². The van der Waals surface area contributed by atoms with Gasteiger partial charge in [0, 0.05) is 15.6 Å². The smallest absolute Gasteiger partial charge is 0.122 e. The van der Waals surface area contributed by atoms with Crippen molar-refractivity contribution in [2.24, 2.45) is 0 Å². The fraction of sp³-hybridized carbons (Fsp3) is 0.176. The molecule has 1 aliphatic heterocycles. The Balaban J connectivity index is 1.88. The van der Waals surface area contributed by atoms with E-state index in [0.717, 1.165) is 40.8 Å². The summed E-state index contributed by atoms with van der Waals surface area (Å²) in [5.41, 5.74) is 3.33. The molecule has 0 spiro atoms. The Kier molecular flexibility index (Phi) is 3.57. The Bertz CT molecular complexity index is 664. The standard InChI is InChI=1S/C17H13BrO/c18-16-5-1-3-13(12-16)6-7-14-8-9-17-15(11-14)4-2-10-19-17/h1,3,5,8-9,11-12H,2,4,10H2. The zero-order valence-electron chi connectivity index (χ0n) is 10.4.